The van der Waals surface area contributed by atoms with Crippen molar-refractivity contribution in [1.29, 1.82) is 0 Å². The monoisotopic (exact) mass is 371 g/mol. The number of ether oxygens (including phenoxy) is 3. The van der Waals surface area contributed by atoms with E-state index < -0.39 is 0 Å². The highest BCUT2D eigenvalue weighted by molar-refractivity contribution is 5.79. The van der Waals surface area contributed by atoms with Crippen molar-refractivity contribution < 1.29 is 14.2 Å². The molecule has 0 spiro atoms. The van der Waals surface area contributed by atoms with Crippen molar-refractivity contribution in [1.82, 2.24) is 10.6 Å². The van der Waals surface area contributed by atoms with Crippen LogP contribution in [0.2, 0.25) is 0 Å². The molecule has 0 aliphatic carbocycles. The van der Waals surface area contributed by atoms with E-state index in [0.717, 1.165) is 48.2 Å². The molecule has 0 bridgehead atoms. The number of aryl methyl sites for hydroxylation is 1. The van der Waals surface area contributed by atoms with Gasteiger partial charge in [-0.15, -0.1) is 0 Å². The molecule has 6 nitrogen and oxygen atoms in total. The van der Waals surface area contributed by atoms with Crippen LogP contribution in [0, 0.1) is 0 Å². The highest BCUT2D eigenvalue weighted by atomic mass is 16.5. The van der Waals surface area contributed by atoms with Gasteiger partial charge in [0.25, 0.3) is 0 Å². The van der Waals surface area contributed by atoms with Crippen molar-refractivity contribution >= 4 is 5.96 Å². The van der Waals surface area contributed by atoms with Crippen molar-refractivity contribution in [3.8, 4) is 17.2 Å². The summed E-state index contributed by atoms with van der Waals surface area (Å²) in [5, 5.41) is 6.65. The van der Waals surface area contributed by atoms with Gasteiger partial charge in [-0.25, -0.2) is 0 Å². The van der Waals surface area contributed by atoms with Crippen molar-refractivity contribution in [2.75, 3.05) is 34.9 Å². The number of benzene rings is 2. The first kappa shape index (κ1) is 20.4. The zero-order chi connectivity index (χ0) is 19.5. The second kappa shape index (κ2) is 11.0. The van der Waals surface area contributed by atoms with Crippen LogP contribution in [0.4, 0.5) is 0 Å². The standard InChI is InChI=1S/C21H29N3O3/c1-22-21(23-12-6-8-16-7-5-9-18(13-16)25-2)24-15-17-10-11-19(26-3)14-20(17)27-4/h5,7,9-11,13-14H,6,8,12,15H2,1-4H3,(H2,22,23,24). The Balaban J connectivity index is 1.79. The Hall–Kier alpha value is -2.89. The SMILES string of the molecule is CN=C(NCCCc1cccc(OC)c1)NCc1ccc(OC)cc1OC. The first-order chi connectivity index (χ1) is 13.2. The third kappa shape index (κ3) is 6.40. The number of hydrogen-bond acceptors (Lipinski definition) is 4. The van der Waals surface area contributed by atoms with Crippen LogP contribution in [-0.4, -0.2) is 40.9 Å². The number of hydrogen-bond donors (Lipinski definition) is 2. The van der Waals surface area contributed by atoms with Crippen molar-refractivity contribution in [2.45, 2.75) is 19.4 Å². The molecular weight excluding hydrogens is 342 g/mol. The van der Waals surface area contributed by atoms with Crippen LogP contribution in [0.3, 0.4) is 0 Å². The predicted octanol–water partition coefficient (Wildman–Crippen LogP) is 3.01. The van der Waals surface area contributed by atoms with Gasteiger partial charge < -0.3 is 24.8 Å². The minimum Gasteiger partial charge on any atom is -0.497 e. The Morgan fingerprint density at radius 2 is 1.70 bits per heavy atom. The van der Waals surface area contributed by atoms with Crippen LogP contribution < -0.4 is 24.8 Å². The van der Waals surface area contributed by atoms with Gasteiger partial charge in [0, 0.05) is 31.8 Å². The van der Waals surface area contributed by atoms with Gasteiger partial charge in [-0.1, -0.05) is 12.1 Å². The smallest absolute Gasteiger partial charge is 0.191 e. The number of methoxy groups -OCH3 is 3. The van der Waals surface area contributed by atoms with E-state index in [1.165, 1.54) is 5.56 Å². The average Bonchev–Trinajstić information content (AvgIpc) is 2.73. The van der Waals surface area contributed by atoms with E-state index >= 15 is 0 Å². The van der Waals surface area contributed by atoms with Gasteiger partial charge in [-0.2, -0.15) is 0 Å². The van der Waals surface area contributed by atoms with Gasteiger partial charge >= 0.3 is 0 Å². The van der Waals surface area contributed by atoms with Crippen LogP contribution in [-0.2, 0) is 13.0 Å². The molecule has 0 amide bonds. The summed E-state index contributed by atoms with van der Waals surface area (Å²) in [6.07, 6.45) is 1.98. The average molecular weight is 371 g/mol. The molecule has 146 valence electrons. The molecule has 0 fully saturated rings. The largest absolute Gasteiger partial charge is 0.497 e. The van der Waals surface area contributed by atoms with Crippen LogP contribution >= 0.6 is 0 Å². The van der Waals surface area contributed by atoms with E-state index in [4.69, 9.17) is 14.2 Å². The number of nitrogens with one attached hydrogen (secondary N) is 2. The summed E-state index contributed by atoms with van der Waals surface area (Å²) in [4.78, 5) is 4.27. The van der Waals surface area contributed by atoms with E-state index in [9.17, 15) is 0 Å². The van der Waals surface area contributed by atoms with E-state index in [0.29, 0.717) is 6.54 Å². The Morgan fingerprint density at radius 1 is 0.926 bits per heavy atom. The lowest BCUT2D eigenvalue weighted by molar-refractivity contribution is 0.390. The van der Waals surface area contributed by atoms with Gasteiger partial charge in [0.15, 0.2) is 5.96 Å². The molecular formula is C21H29N3O3. The molecule has 6 heteroatoms. The third-order valence-corrected chi connectivity index (χ3v) is 4.23. The zero-order valence-corrected chi connectivity index (χ0v) is 16.5. The van der Waals surface area contributed by atoms with Gasteiger partial charge in [-0.3, -0.25) is 4.99 Å². The fraction of sp³-hybridized carbons (Fsp3) is 0.381. The van der Waals surface area contributed by atoms with E-state index in [-0.39, 0.29) is 0 Å². The lowest BCUT2D eigenvalue weighted by Crippen LogP contribution is -2.37. The quantitative estimate of drug-likeness (QED) is 0.403. The molecule has 0 aromatic heterocycles. The first-order valence-corrected chi connectivity index (χ1v) is 8.98. The summed E-state index contributed by atoms with van der Waals surface area (Å²) in [6, 6.07) is 14.0. The minimum atomic E-state index is 0.614. The first-order valence-electron chi connectivity index (χ1n) is 8.98. The molecule has 0 radical (unpaired) electrons. The number of aliphatic imine (C=N–C) groups is 1. The second-order valence-electron chi connectivity index (χ2n) is 5.99. The molecule has 2 aromatic rings. The summed E-state index contributed by atoms with van der Waals surface area (Å²) < 4.78 is 15.9. The third-order valence-electron chi connectivity index (χ3n) is 4.23. The van der Waals surface area contributed by atoms with Gasteiger partial charge in [0.2, 0.25) is 0 Å². The topological polar surface area (TPSA) is 64.1 Å². The summed E-state index contributed by atoms with van der Waals surface area (Å²) in [7, 11) is 6.75. The maximum atomic E-state index is 5.43. The van der Waals surface area contributed by atoms with Crippen LogP contribution in [0.25, 0.3) is 0 Å². The molecule has 0 heterocycles. The molecule has 2 aromatic carbocycles. The molecule has 0 aliphatic heterocycles. The number of guanidine groups is 1. The Morgan fingerprint density at radius 3 is 2.41 bits per heavy atom. The van der Waals surface area contributed by atoms with Crippen molar-refractivity contribution in [3.05, 3.63) is 53.6 Å². The number of rotatable bonds is 9. The fourth-order valence-corrected chi connectivity index (χ4v) is 2.72. The second-order valence-corrected chi connectivity index (χ2v) is 5.99. The van der Waals surface area contributed by atoms with E-state index in [1.807, 2.05) is 30.3 Å². The van der Waals surface area contributed by atoms with E-state index in [2.05, 4.69) is 27.8 Å². The van der Waals surface area contributed by atoms with Crippen molar-refractivity contribution in [2.24, 2.45) is 4.99 Å². The molecule has 0 saturated heterocycles. The van der Waals surface area contributed by atoms with E-state index in [1.54, 1.807) is 28.4 Å². The Kier molecular flexibility index (Phi) is 8.29. The molecule has 27 heavy (non-hydrogen) atoms. The van der Waals surface area contributed by atoms with Gasteiger partial charge in [-0.05, 0) is 42.7 Å². The summed E-state index contributed by atoms with van der Waals surface area (Å²) in [5.74, 6) is 3.22. The summed E-state index contributed by atoms with van der Waals surface area (Å²) in [6.45, 7) is 1.44. The van der Waals surface area contributed by atoms with Crippen LogP contribution in [0.1, 0.15) is 17.5 Å². The van der Waals surface area contributed by atoms with Crippen LogP contribution in [0.5, 0.6) is 17.2 Å². The predicted molar refractivity (Wildman–Crippen MR) is 109 cm³/mol. The molecule has 0 atom stereocenters. The highest BCUT2D eigenvalue weighted by Gasteiger charge is 2.06. The summed E-state index contributed by atoms with van der Waals surface area (Å²) >= 11 is 0. The maximum Gasteiger partial charge on any atom is 0.191 e. The van der Waals surface area contributed by atoms with Gasteiger partial charge in [0.05, 0.1) is 21.3 Å². The minimum absolute atomic E-state index is 0.614. The lowest BCUT2D eigenvalue weighted by Gasteiger charge is -2.14. The Labute approximate surface area is 161 Å². The molecule has 2 rings (SSSR count). The normalized spacial score (nSPS) is 11.0. The Bertz CT molecular complexity index is 747. The molecule has 0 unspecified atom stereocenters. The van der Waals surface area contributed by atoms with Crippen LogP contribution in [0.15, 0.2) is 47.5 Å². The highest BCUT2D eigenvalue weighted by Crippen LogP contribution is 2.24. The molecule has 2 N–H and O–H groups in total. The van der Waals surface area contributed by atoms with Gasteiger partial charge in [0.1, 0.15) is 17.2 Å². The summed E-state index contributed by atoms with van der Waals surface area (Å²) in [5.41, 5.74) is 2.31. The molecule has 0 saturated carbocycles. The fourth-order valence-electron chi connectivity index (χ4n) is 2.72. The molecule has 0 aliphatic rings. The zero-order valence-electron chi connectivity index (χ0n) is 16.5. The van der Waals surface area contributed by atoms with Crippen molar-refractivity contribution in [3.63, 3.8) is 0 Å². The number of nitrogens with zero attached hydrogens (tertiary/aromatic N) is 1. The lowest BCUT2D eigenvalue weighted by atomic mass is 10.1. The maximum absolute atomic E-state index is 5.43.